The Morgan fingerprint density at radius 1 is 1.11 bits per heavy atom. The number of hydrogen-bond donors (Lipinski definition) is 0. The first-order chi connectivity index (χ1) is 12.8. The zero-order valence-electron chi connectivity index (χ0n) is 14.4. The molecule has 0 bridgehead atoms. The number of esters is 1. The second-order valence-corrected chi connectivity index (χ2v) is 5.63. The summed E-state index contributed by atoms with van der Waals surface area (Å²) >= 11 is 6.06. The molecule has 0 spiro atoms. The Bertz CT molecular complexity index is 896. The van der Waals surface area contributed by atoms with Crippen molar-refractivity contribution in [2.45, 2.75) is 0 Å². The van der Waals surface area contributed by atoms with Gasteiger partial charge in [-0.05, 0) is 42.0 Å². The zero-order chi connectivity index (χ0) is 20.0. The number of ether oxygens (including phenoxy) is 3. The van der Waals surface area contributed by atoms with E-state index in [0.717, 1.165) is 24.3 Å². The van der Waals surface area contributed by atoms with E-state index >= 15 is 0 Å². The van der Waals surface area contributed by atoms with Crippen LogP contribution < -0.4 is 9.47 Å². The summed E-state index contributed by atoms with van der Waals surface area (Å²) < 4.78 is 41.6. The fraction of sp³-hybridized carbons (Fsp3) is 0.158. The number of hydrogen-bond acceptors (Lipinski definition) is 5. The van der Waals surface area contributed by atoms with E-state index in [0.29, 0.717) is 17.1 Å². The van der Waals surface area contributed by atoms with Crippen molar-refractivity contribution >= 4 is 29.4 Å². The van der Waals surface area contributed by atoms with Crippen molar-refractivity contribution in [2.24, 2.45) is 0 Å². The van der Waals surface area contributed by atoms with Crippen LogP contribution in [-0.4, -0.2) is 32.6 Å². The monoisotopic (exact) mass is 396 g/mol. The number of carbonyl (C=O) groups is 2. The van der Waals surface area contributed by atoms with E-state index in [2.05, 4.69) is 0 Å². The molecule has 27 heavy (non-hydrogen) atoms. The Hall–Kier alpha value is -2.93. The van der Waals surface area contributed by atoms with Gasteiger partial charge in [0.2, 0.25) is 5.78 Å². The molecule has 2 rings (SSSR count). The first-order valence-corrected chi connectivity index (χ1v) is 7.98. The van der Waals surface area contributed by atoms with Crippen LogP contribution in [0.15, 0.2) is 36.4 Å². The molecule has 2 aromatic rings. The number of ketones is 1. The second kappa shape index (κ2) is 9.14. The lowest BCUT2D eigenvalue weighted by Crippen LogP contribution is -2.14. The van der Waals surface area contributed by atoms with E-state index in [4.69, 9.17) is 25.8 Å². The Morgan fingerprint density at radius 3 is 2.52 bits per heavy atom. The van der Waals surface area contributed by atoms with Crippen LogP contribution in [0, 0.1) is 11.6 Å². The third kappa shape index (κ3) is 5.27. The minimum Gasteiger partial charge on any atom is -0.493 e. The molecule has 0 fully saturated rings. The van der Waals surface area contributed by atoms with E-state index in [1.807, 2.05) is 0 Å². The van der Waals surface area contributed by atoms with Crippen LogP contribution in [-0.2, 0) is 9.53 Å². The molecule has 0 radical (unpaired) electrons. The maximum Gasteiger partial charge on any atom is 0.331 e. The minimum absolute atomic E-state index is 0.279. The van der Waals surface area contributed by atoms with Gasteiger partial charge in [-0.25, -0.2) is 13.6 Å². The molecule has 0 aliphatic heterocycles. The van der Waals surface area contributed by atoms with E-state index in [1.165, 1.54) is 20.3 Å². The first kappa shape index (κ1) is 20.4. The molecule has 142 valence electrons. The van der Waals surface area contributed by atoms with Crippen LogP contribution in [0.3, 0.4) is 0 Å². The number of Topliss-reactive ketones (excluding diaryl/α,β-unsaturated/α-hetero) is 1. The van der Waals surface area contributed by atoms with Gasteiger partial charge in [-0.15, -0.1) is 0 Å². The molecule has 0 saturated carbocycles. The van der Waals surface area contributed by atoms with Gasteiger partial charge in [-0.2, -0.15) is 0 Å². The van der Waals surface area contributed by atoms with Crippen molar-refractivity contribution in [3.63, 3.8) is 0 Å². The number of carbonyl (C=O) groups excluding carboxylic acids is 2. The molecule has 0 amide bonds. The van der Waals surface area contributed by atoms with Crippen molar-refractivity contribution in [3.8, 4) is 11.5 Å². The lowest BCUT2D eigenvalue weighted by molar-refractivity contribution is -0.136. The molecule has 0 aliphatic rings. The Morgan fingerprint density at radius 2 is 1.85 bits per heavy atom. The molecule has 0 N–H and O–H groups in total. The van der Waals surface area contributed by atoms with Gasteiger partial charge in [0.1, 0.15) is 11.6 Å². The van der Waals surface area contributed by atoms with E-state index < -0.39 is 35.6 Å². The number of methoxy groups -OCH3 is 2. The van der Waals surface area contributed by atoms with Gasteiger partial charge >= 0.3 is 5.97 Å². The second-order valence-electron chi connectivity index (χ2n) is 5.23. The summed E-state index contributed by atoms with van der Waals surface area (Å²) in [5, 5.41) is 0.279. The van der Waals surface area contributed by atoms with Crippen molar-refractivity contribution in [3.05, 3.63) is 64.2 Å². The summed E-state index contributed by atoms with van der Waals surface area (Å²) in [6.45, 7) is -0.726. The lowest BCUT2D eigenvalue weighted by atomic mass is 10.1. The Balaban J connectivity index is 2.02. The molecule has 2 aromatic carbocycles. The minimum atomic E-state index is -0.895. The van der Waals surface area contributed by atoms with Crippen LogP contribution in [0.5, 0.6) is 11.5 Å². The van der Waals surface area contributed by atoms with Crippen LogP contribution in [0.2, 0.25) is 5.02 Å². The van der Waals surface area contributed by atoms with Crippen LogP contribution in [0.25, 0.3) is 6.08 Å². The van der Waals surface area contributed by atoms with Crippen molar-refractivity contribution < 1.29 is 32.6 Å². The topological polar surface area (TPSA) is 61.8 Å². The summed E-state index contributed by atoms with van der Waals surface area (Å²) in [5.74, 6) is -2.64. The standard InChI is InChI=1S/C19H15ClF2O5/c1-25-17-8-11(7-14(20)19(17)26-2)3-6-18(24)27-10-16(23)13-9-12(21)4-5-15(13)22/h3-9H,10H2,1-2H3/b6-3+. The molecular formula is C19H15ClF2O5. The van der Waals surface area contributed by atoms with Crippen LogP contribution in [0.4, 0.5) is 8.78 Å². The third-order valence-corrected chi connectivity index (χ3v) is 3.72. The van der Waals surface area contributed by atoms with Gasteiger partial charge in [0, 0.05) is 6.08 Å². The quantitative estimate of drug-likeness (QED) is 0.401. The van der Waals surface area contributed by atoms with Gasteiger partial charge in [0.05, 0.1) is 24.8 Å². The molecule has 0 aromatic heterocycles. The average Bonchev–Trinajstić information content (AvgIpc) is 2.65. The first-order valence-electron chi connectivity index (χ1n) is 7.60. The summed E-state index contributed by atoms with van der Waals surface area (Å²) in [6, 6.07) is 5.58. The number of rotatable bonds is 7. The summed E-state index contributed by atoms with van der Waals surface area (Å²) in [5.41, 5.74) is 0.0375. The molecule has 0 saturated heterocycles. The predicted octanol–water partition coefficient (Wildman–Crippen LogP) is 4.07. The Labute approximate surface area is 159 Å². The van der Waals surface area contributed by atoms with E-state index in [-0.39, 0.29) is 5.02 Å². The zero-order valence-corrected chi connectivity index (χ0v) is 15.2. The summed E-state index contributed by atoms with van der Waals surface area (Å²) in [4.78, 5) is 23.6. The van der Waals surface area contributed by atoms with Gasteiger partial charge < -0.3 is 14.2 Å². The Kier molecular flexibility index (Phi) is 6.90. The highest BCUT2D eigenvalue weighted by molar-refractivity contribution is 6.32. The lowest BCUT2D eigenvalue weighted by Gasteiger charge is -2.10. The summed E-state index contributed by atoms with van der Waals surface area (Å²) in [6.07, 6.45) is 2.45. The van der Waals surface area contributed by atoms with Crippen molar-refractivity contribution in [1.29, 1.82) is 0 Å². The van der Waals surface area contributed by atoms with Gasteiger partial charge in [-0.1, -0.05) is 11.6 Å². The SMILES string of the molecule is COc1cc(/C=C/C(=O)OCC(=O)c2cc(F)ccc2F)cc(Cl)c1OC. The fourth-order valence-electron chi connectivity index (χ4n) is 2.17. The molecule has 0 heterocycles. The normalized spacial score (nSPS) is 10.7. The van der Waals surface area contributed by atoms with E-state index in [1.54, 1.807) is 12.1 Å². The highest BCUT2D eigenvalue weighted by Crippen LogP contribution is 2.36. The summed E-state index contributed by atoms with van der Waals surface area (Å²) in [7, 11) is 2.88. The third-order valence-electron chi connectivity index (χ3n) is 3.44. The van der Waals surface area contributed by atoms with Crippen molar-refractivity contribution in [2.75, 3.05) is 20.8 Å². The number of halogens is 3. The molecular weight excluding hydrogens is 382 g/mol. The predicted molar refractivity (Wildman–Crippen MR) is 95.2 cm³/mol. The van der Waals surface area contributed by atoms with Gasteiger partial charge in [0.15, 0.2) is 18.1 Å². The smallest absolute Gasteiger partial charge is 0.331 e. The molecule has 0 atom stereocenters. The molecule has 0 aliphatic carbocycles. The van der Waals surface area contributed by atoms with Crippen LogP contribution >= 0.6 is 11.6 Å². The van der Waals surface area contributed by atoms with Gasteiger partial charge in [-0.3, -0.25) is 4.79 Å². The highest BCUT2D eigenvalue weighted by atomic mass is 35.5. The average molecular weight is 397 g/mol. The largest absolute Gasteiger partial charge is 0.493 e. The number of benzene rings is 2. The molecule has 0 unspecified atom stereocenters. The van der Waals surface area contributed by atoms with Gasteiger partial charge in [0.25, 0.3) is 0 Å². The van der Waals surface area contributed by atoms with Crippen LogP contribution in [0.1, 0.15) is 15.9 Å². The maximum atomic E-state index is 13.5. The maximum absolute atomic E-state index is 13.5. The molecule has 8 heteroatoms. The highest BCUT2D eigenvalue weighted by Gasteiger charge is 2.15. The fourth-order valence-corrected chi connectivity index (χ4v) is 2.47. The molecule has 5 nitrogen and oxygen atoms in total. The van der Waals surface area contributed by atoms with E-state index in [9.17, 15) is 18.4 Å². The van der Waals surface area contributed by atoms with Crippen molar-refractivity contribution in [1.82, 2.24) is 0 Å².